The second-order valence-electron chi connectivity index (χ2n) is 2.42. The minimum Gasteiger partial charge on any atom is -0.478 e. The van der Waals surface area contributed by atoms with E-state index in [4.69, 9.17) is 25.5 Å². The summed E-state index contributed by atoms with van der Waals surface area (Å²) in [6.07, 6.45) is -0.699. The molecule has 0 amide bonds. The van der Waals surface area contributed by atoms with Gasteiger partial charge in [0.2, 0.25) is 0 Å². The van der Waals surface area contributed by atoms with Crippen molar-refractivity contribution >= 4 is 5.97 Å². The molecule has 5 N–H and O–H groups in total. The Labute approximate surface area is 89.1 Å². The highest BCUT2D eigenvalue weighted by molar-refractivity contribution is 5.84. The van der Waals surface area contributed by atoms with Gasteiger partial charge in [0.15, 0.2) is 6.29 Å². The summed E-state index contributed by atoms with van der Waals surface area (Å²) in [5, 5.41) is 39.0. The molecule has 0 radical (unpaired) electrons. The number of aliphatic hydroxyl groups excluding tert-OH is 3. The van der Waals surface area contributed by atoms with Crippen molar-refractivity contribution in [1.82, 2.24) is 0 Å². The van der Waals surface area contributed by atoms with Crippen molar-refractivity contribution in [3.8, 4) is 0 Å². The van der Waals surface area contributed by atoms with Gasteiger partial charge in [0, 0.05) is 5.57 Å². The topological polar surface area (TPSA) is 118 Å². The van der Waals surface area contributed by atoms with E-state index in [2.05, 4.69) is 6.58 Å². The van der Waals surface area contributed by atoms with Crippen LogP contribution in [0.2, 0.25) is 0 Å². The molecule has 15 heavy (non-hydrogen) atoms. The first kappa shape index (κ1) is 19.6. The molecule has 0 bridgehead atoms. The molecule has 6 heteroatoms. The van der Waals surface area contributed by atoms with Gasteiger partial charge in [-0.25, -0.2) is 4.79 Å². The quantitative estimate of drug-likeness (QED) is 0.320. The molecule has 0 aromatic carbocycles. The van der Waals surface area contributed by atoms with Gasteiger partial charge in [0.1, 0.15) is 0 Å². The normalized spacial score (nSPS) is 8.20. The molecule has 0 spiro atoms. The van der Waals surface area contributed by atoms with E-state index in [1.54, 1.807) is 6.92 Å². The van der Waals surface area contributed by atoms with Crippen LogP contribution in [0.25, 0.3) is 0 Å². The van der Waals surface area contributed by atoms with Crippen molar-refractivity contribution in [2.45, 2.75) is 26.6 Å². The Hall–Kier alpha value is -0.950. The molecule has 0 rings (SSSR count). The number of rotatable bonds is 3. The van der Waals surface area contributed by atoms with Gasteiger partial charge in [-0.1, -0.05) is 13.5 Å². The zero-order valence-electron chi connectivity index (χ0n) is 9.05. The standard InChI is InChI=1S/C4H6O2.C3H8O2.C2H6O2/c1-3(2)4(5)6;1-2-3(4)5;3-1-2-4/h1H2,2H3,(H,5,6);3-5H,2H2,1H3;3-4H,1-2H2. The fourth-order valence-corrected chi connectivity index (χ4v) is 0. The van der Waals surface area contributed by atoms with Gasteiger partial charge in [-0.3, -0.25) is 0 Å². The van der Waals surface area contributed by atoms with Crippen LogP contribution < -0.4 is 0 Å². The average molecular weight is 224 g/mol. The van der Waals surface area contributed by atoms with E-state index in [1.165, 1.54) is 6.92 Å². The number of carboxylic acids is 1. The fourth-order valence-electron chi connectivity index (χ4n) is 0. The number of hydrogen-bond acceptors (Lipinski definition) is 5. The molecule has 0 aromatic rings. The molecule has 6 nitrogen and oxygen atoms in total. The molecule has 0 saturated heterocycles. The monoisotopic (exact) mass is 224 g/mol. The van der Waals surface area contributed by atoms with Crippen molar-refractivity contribution in [2.24, 2.45) is 0 Å². The van der Waals surface area contributed by atoms with Crippen molar-refractivity contribution in [3.63, 3.8) is 0 Å². The molecule has 0 heterocycles. The van der Waals surface area contributed by atoms with Gasteiger partial charge < -0.3 is 25.5 Å². The maximum absolute atomic E-state index is 9.60. The average Bonchev–Trinajstić information content (AvgIpc) is 2.19. The van der Waals surface area contributed by atoms with Crippen LogP contribution in [-0.4, -0.2) is 51.0 Å². The first-order chi connectivity index (χ1) is 6.83. The zero-order chi connectivity index (χ0) is 12.9. The third-order valence-electron chi connectivity index (χ3n) is 0.830. The van der Waals surface area contributed by atoms with Gasteiger partial charge in [-0.15, -0.1) is 0 Å². The van der Waals surface area contributed by atoms with Crippen molar-refractivity contribution in [1.29, 1.82) is 0 Å². The number of carboxylic acid groups (broad SMARTS) is 1. The van der Waals surface area contributed by atoms with Gasteiger partial charge in [0.25, 0.3) is 0 Å². The van der Waals surface area contributed by atoms with Gasteiger partial charge in [0.05, 0.1) is 13.2 Å². The van der Waals surface area contributed by atoms with E-state index < -0.39 is 12.3 Å². The lowest BCUT2D eigenvalue weighted by molar-refractivity contribution is -0.132. The van der Waals surface area contributed by atoms with E-state index in [0.29, 0.717) is 6.42 Å². The number of aliphatic hydroxyl groups is 4. The summed E-state index contributed by atoms with van der Waals surface area (Å²) < 4.78 is 0. The predicted octanol–water partition coefficient (Wildman–Crippen LogP) is -0.675. The second-order valence-corrected chi connectivity index (χ2v) is 2.42. The van der Waals surface area contributed by atoms with Gasteiger partial charge in [-0.05, 0) is 13.3 Å². The summed E-state index contributed by atoms with van der Waals surface area (Å²) >= 11 is 0. The highest BCUT2D eigenvalue weighted by atomic mass is 16.5. The molecule has 0 fully saturated rings. The molecule has 0 aliphatic heterocycles. The van der Waals surface area contributed by atoms with Crippen LogP contribution in [0.1, 0.15) is 20.3 Å². The van der Waals surface area contributed by atoms with Crippen LogP contribution >= 0.6 is 0 Å². The van der Waals surface area contributed by atoms with E-state index >= 15 is 0 Å². The third kappa shape index (κ3) is 43.5. The van der Waals surface area contributed by atoms with Crippen molar-refractivity contribution < 1.29 is 30.3 Å². The second kappa shape index (κ2) is 15.5. The van der Waals surface area contributed by atoms with Crippen LogP contribution in [0, 0.1) is 0 Å². The zero-order valence-corrected chi connectivity index (χ0v) is 9.05. The number of hydrogen-bond donors (Lipinski definition) is 5. The first-order valence-corrected chi connectivity index (χ1v) is 4.30. The number of aliphatic carboxylic acids is 1. The molecule has 0 saturated carbocycles. The summed E-state index contributed by atoms with van der Waals surface area (Å²) in [4.78, 5) is 9.60. The highest BCUT2D eigenvalue weighted by Crippen LogP contribution is 1.81. The molecule has 0 aromatic heterocycles. The van der Waals surface area contributed by atoms with E-state index in [9.17, 15) is 4.79 Å². The van der Waals surface area contributed by atoms with E-state index in [1.807, 2.05) is 0 Å². The van der Waals surface area contributed by atoms with E-state index in [-0.39, 0.29) is 18.8 Å². The van der Waals surface area contributed by atoms with Crippen LogP contribution in [0.15, 0.2) is 12.2 Å². The van der Waals surface area contributed by atoms with Gasteiger partial charge >= 0.3 is 5.97 Å². The van der Waals surface area contributed by atoms with Crippen molar-refractivity contribution in [3.05, 3.63) is 12.2 Å². The molecule has 0 atom stereocenters. The largest absolute Gasteiger partial charge is 0.478 e. The summed E-state index contributed by atoms with van der Waals surface area (Å²) in [5.41, 5.74) is 0.176. The summed E-state index contributed by atoms with van der Waals surface area (Å²) in [5.74, 6) is -0.935. The molecule has 92 valence electrons. The molecule has 0 unspecified atom stereocenters. The van der Waals surface area contributed by atoms with Gasteiger partial charge in [-0.2, -0.15) is 0 Å². The predicted molar refractivity (Wildman–Crippen MR) is 55.1 cm³/mol. The minimum atomic E-state index is -1.12. The lowest BCUT2D eigenvalue weighted by Crippen LogP contribution is -1.99. The highest BCUT2D eigenvalue weighted by Gasteiger charge is 1.90. The SMILES string of the molecule is C=C(C)C(=O)O.CCC(O)O.OCCO. The summed E-state index contributed by atoms with van der Waals surface area (Å²) in [6, 6.07) is 0. The Bertz CT molecular complexity index is 141. The fraction of sp³-hybridized carbons (Fsp3) is 0.667. The van der Waals surface area contributed by atoms with Crippen LogP contribution in [0.5, 0.6) is 0 Å². The molecule has 0 aliphatic carbocycles. The van der Waals surface area contributed by atoms with Crippen LogP contribution in [-0.2, 0) is 4.79 Å². The lowest BCUT2D eigenvalue weighted by atomic mass is 10.4. The lowest BCUT2D eigenvalue weighted by Gasteiger charge is -1.90. The Morgan fingerprint density at radius 3 is 1.47 bits per heavy atom. The summed E-state index contributed by atoms with van der Waals surface area (Å²) in [7, 11) is 0. The first-order valence-electron chi connectivity index (χ1n) is 4.30. The maximum Gasteiger partial charge on any atom is 0.330 e. The van der Waals surface area contributed by atoms with Crippen LogP contribution in [0.4, 0.5) is 0 Å². The Balaban J connectivity index is -0.000000147. The smallest absolute Gasteiger partial charge is 0.330 e. The van der Waals surface area contributed by atoms with E-state index in [0.717, 1.165) is 0 Å². The van der Waals surface area contributed by atoms with Crippen LogP contribution in [0.3, 0.4) is 0 Å². The Morgan fingerprint density at radius 1 is 1.27 bits per heavy atom. The minimum absolute atomic E-state index is 0.125. The molecule has 0 aliphatic rings. The Kier molecular flexibility index (Phi) is 20.3. The molecular weight excluding hydrogens is 204 g/mol. The van der Waals surface area contributed by atoms with Crippen molar-refractivity contribution in [2.75, 3.05) is 13.2 Å². The maximum atomic E-state index is 9.60. The molecular formula is C9H20O6. The Morgan fingerprint density at radius 2 is 1.47 bits per heavy atom. The summed E-state index contributed by atoms with van der Waals surface area (Å²) in [6.45, 7) is 6.05. The third-order valence-corrected chi connectivity index (χ3v) is 0.830. The number of carbonyl (C=O) groups is 1.